The molecule has 4 rings (SSSR count). The number of hydrogen-bond acceptors (Lipinski definition) is 2. The van der Waals surface area contributed by atoms with E-state index in [1.807, 2.05) is 24.3 Å². The average molecular weight is 342 g/mol. The number of aromatic nitrogens is 2. The summed E-state index contributed by atoms with van der Waals surface area (Å²) >= 11 is 1.74. The van der Waals surface area contributed by atoms with Gasteiger partial charge in [0.15, 0.2) is 0 Å². The zero-order valence-corrected chi connectivity index (χ0v) is 14.8. The van der Waals surface area contributed by atoms with Crippen LogP contribution in [0.1, 0.15) is 0 Å². The first-order valence-electron chi connectivity index (χ1n) is 8.20. The van der Waals surface area contributed by atoms with E-state index in [0.717, 1.165) is 33.9 Å². The lowest BCUT2D eigenvalue weighted by Crippen LogP contribution is -1.82. The molecule has 3 heteroatoms. The van der Waals surface area contributed by atoms with Gasteiger partial charge in [0.05, 0.1) is 11.4 Å². The molecule has 0 bridgehead atoms. The minimum Gasteiger partial charge on any atom is -0.337 e. The number of thioether (sulfide) groups is 1. The molecule has 122 valence electrons. The Labute approximate surface area is 152 Å². The van der Waals surface area contributed by atoms with Gasteiger partial charge in [0.1, 0.15) is 5.82 Å². The third-order valence-corrected chi connectivity index (χ3v) is 4.92. The van der Waals surface area contributed by atoms with Gasteiger partial charge in [-0.05, 0) is 18.4 Å². The van der Waals surface area contributed by atoms with Crippen LogP contribution in [-0.2, 0) is 0 Å². The van der Waals surface area contributed by atoms with Crippen molar-refractivity contribution < 1.29 is 0 Å². The van der Waals surface area contributed by atoms with Crippen LogP contribution < -0.4 is 0 Å². The van der Waals surface area contributed by atoms with Gasteiger partial charge in [-0.2, -0.15) is 0 Å². The number of hydrogen-bond donors (Lipinski definition) is 1. The molecule has 0 amide bonds. The van der Waals surface area contributed by atoms with Crippen LogP contribution in [0, 0.1) is 0 Å². The molecule has 3 aromatic carbocycles. The van der Waals surface area contributed by atoms with Crippen molar-refractivity contribution in [2.45, 2.75) is 4.90 Å². The molecular weight excluding hydrogens is 324 g/mol. The summed E-state index contributed by atoms with van der Waals surface area (Å²) in [5.74, 6) is 0.894. The van der Waals surface area contributed by atoms with E-state index in [0.29, 0.717) is 0 Å². The third kappa shape index (κ3) is 3.24. The average Bonchev–Trinajstić information content (AvgIpc) is 3.15. The van der Waals surface area contributed by atoms with Crippen LogP contribution in [0.15, 0.2) is 89.8 Å². The van der Waals surface area contributed by atoms with Gasteiger partial charge in [-0.15, -0.1) is 11.8 Å². The molecule has 1 N–H and O–H groups in total. The van der Waals surface area contributed by atoms with Gasteiger partial charge >= 0.3 is 0 Å². The largest absolute Gasteiger partial charge is 0.337 e. The molecule has 0 radical (unpaired) electrons. The zero-order valence-electron chi connectivity index (χ0n) is 13.9. The fraction of sp³-hybridized carbons (Fsp3) is 0.0455. The van der Waals surface area contributed by atoms with Crippen molar-refractivity contribution in [1.29, 1.82) is 0 Å². The first-order valence-corrected chi connectivity index (χ1v) is 9.43. The number of aromatic amines is 1. The summed E-state index contributed by atoms with van der Waals surface area (Å²) in [7, 11) is 0. The first-order chi connectivity index (χ1) is 12.3. The van der Waals surface area contributed by atoms with Gasteiger partial charge in [-0.1, -0.05) is 72.8 Å². The molecule has 25 heavy (non-hydrogen) atoms. The van der Waals surface area contributed by atoms with Gasteiger partial charge in [0, 0.05) is 21.6 Å². The SMILES string of the molecule is CSc1ccc(-c2nc(-c3ccccc3)c(-c3ccccc3)[nH]2)cc1. The molecule has 0 aliphatic carbocycles. The minimum absolute atomic E-state index is 0.894. The van der Waals surface area contributed by atoms with E-state index in [1.165, 1.54) is 4.90 Å². The molecule has 0 aliphatic rings. The number of rotatable bonds is 4. The summed E-state index contributed by atoms with van der Waals surface area (Å²) in [6.07, 6.45) is 2.09. The second-order valence-electron chi connectivity index (χ2n) is 5.77. The summed E-state index contributed by atoms with van der Waals surface area (Å²) in [5, 5.41) is 0. The number of imidazole rings is 1. The third-order valence-electron chi connectivity index (χ3n) is 4.18. The molecule has 2 nitrogen and oxygen atoms in total. The topological polar surface area (TPSA) is 28.7 Å². The summed E-state index contributed by atoms with van der Waals surface area (Å²) in [6.45, 7) is 0. The second kappa shape index (κ2) is 6.99. The maximum absolute atomic E-state index is 4.92. The highest BCUT2D eigenvalue weighted by Gasteiger charge is 2.14. The molecule has 1 aromatic heterocycles. The second-order valence-corrected chi connectivity index (χ2v) is 6.65. The Balaban J connectivity index is 1.86. The van der Waals surface area contributed by atoms with Crippen LogP contribution in [0.3, 0.4) is 0 Å². The van der Waals surface area contributed by atoms with Crippen LogP contribution >= 0.6 is 11.8 Å². The molecule has 4 aromatic rings. The summed E-state index contributed by atoms with van der Waals surface area (Å²) in [4.78, 5) is 9.70. The smallest absolute Gasteiger partial charge is 0.138 e. The van der Waals surface area contributed by atoms with Crippen LogP contribution in [0.5, 0.6) is 0 Å². The van der Waals surface area contributed by atoms with Crippen molar-refractivity contribution in [3.63, 3.8) is 0 Å². The Morgan fingerprint density at radius 3 is 1.88 bits per heavy atom. The zero-order chi connectivity index (χ0) is 17.1. The molecule has 0 unspecified atom stereocenters. The van der Waals surface area contributed by atoms with E-state index in [9.17, 15) is 0 Å². The van der Waals surface area contributed by atoms with Crippen LogP contribution in [0.2, 0.25) is 0 Å². The van der Waals surface area contributed by atoms with Crippen molar-refractivity contribution in [2.24, 2.45) is 0 Å². The molecular formula is C22H18N2S. The van der Waals surface area contributed by atoms with Gasteiger partial charge in [-0.25, -0.2) is 4.98 Å². The number of H-pyrrole nitrogens is 1. The van der Waals surface area contributed by atoms with Crippen LogP contribution in [0.4, 0.5) is 0 Å². The van der Waals surface area contributed by atoms with Crippen molar-refractivity contribution in [3.8, 4) is 33.9 Å². The molecule has 0 atom stereocenters. The highest BCUT2D eigenvalue weighted by atomic mass is 32.2. The maximum Gasteiger partial charge on any atom is 0.138 e. The molecule has 0 saturated heterocycles. The first kappa shape index (κ1) is 15.7. The monoisotopic (exact) mass is 342 g/mol. The van der Waals surface area contributed by atoms with E-state index in [2.05, 4.69) is 71.9 Å². The van der Waals surface area contributed by atoms with Crippen molar-refractivity contribution in [1.82, 2.24) is 9.97 Å². The predicted octanol–water partition coefficient (Wildman–Crippen LogP) is 6.13. The molecule has 0 spiro atoms. The molecule has 1 heterocycles. The Kier molecular flexibility index (Phi) is 4.40. The standard InChI is InChI=1S/C22H18N2S/c1-25-19-14-12-18(13-15-19)22-23-20(16-8-4-2-5-9-16)21(24-22)17-10-6-3-7-11-17/h2-15H,1H3,(H,23,24). The van der Waals surface area contributed by atoms with Gasteiger partial charge < -0.3 is 4.98 Å². The van der Waals surface area contributed by atoms with Gasteiger partial charge in [-0.3, -0.25) is 0 Å². The predicted molar refractivity (Wildman–Crippen MR) is 107 cm³/mol. The van der Waals surface area contributed by atoms with E-state index < -0.39 is 0 Å². The highest BCUT2D eigenvalue weighted by molar-refractivity contribution is 7.98. The van der Waals surface area contributed by atoms with Crippen LogP contribution in [0.25, 0.3) is 33.9 Å². The maximum atomic E-state index is 4.92. The van der Waals surface area contributed by atoms with Crippen LogP contribution in [-0.4, -0.2) is 16.2 Å². The summed E-state index contributed by atoms with van der Waals surface area (Å²) in [6, 6.07) is 29.2. The lowest BCUT2D eigenvalue weighted by Gasteiger charge is -2.02. The van der Waals surface area contributed by atoms with Crippen molar-refractivity contribution >= 4 is 11.8 Å². The molecule has 0 fully saturated rings. The molecule has 0 saturated carbocycles. The number of benzene rings is 3. The van der Waals surface area contributed by atoms with Gasteiger partial charge in [0.2, 0.25) is 0 Å². The normalized spacial score (nSPS) is 10.8. The Hall–Kier alpha value is -2.78. The van der Waals surface area contributed by atoms with E-state index in [-0.39, 0.29) is 0 Å². The highest BCUT2D eigenvalue weighted by Crippen LogP contribution is 2.33. The Morgan fingerprint density at radius 2 is 1.28 bits per heavy atom. The van der Waals surface area contributed by atoms with E-state index >= 15 is 0 Å². The lowest BCUT2D eigenvalue weighted by molar-refractivity contribution is 1.30. The Bertz CT molecular complexity index is 901. The quantitative estimate of drug-likeness (QED) is 0.452. The van der Waals surface area contributed by atoms with Crippen molar-refractivity contribution in [3.05, 3.63) is 84.9 Å². The number of nitrogens with zero attached hydrogens (tertiary/aromatic N) is 1. The van der Waals surface area contributed by atoms with E-state index in [1.54, 1.807) is 11.8 Å². The van der Waals surface area contributed by atoms with Gasteiger partial charge in [0.25, 0.3) is 0 Å². The lowest BCUT2D eigenvalue weighted by atomic mass is 10.1. The number of nitrogens with one attached hydrogen (secondary N) is 1. The minimum atomic E-state index is 0.894. The summed E-state index contributed by atoms with van der Waals surface area (Å²) < 4.78 is 0. The van der Waals surface area contributed by atoms with E-state index in [4.69, 9.17) is 4.98 Å². The fourth-order valence-corrected chi connectivity index (χ4v) is 3.29. The fourth-order valence-electron chi connectivity index (χ4n) is 2.88. The molecule has 0 aliphatic heterocycles. The summed E-state index contributed by atoms with van der Waals surface area (Å²) in [5.41, 5.74) is 5.38. The Morgan fingerprint density at radius 1 is 0.680 bits per heavy atom. The van der Waals surface area contributed by atoms with Crippen molar-refractivity contribution in [2.75, 3.05) is 6.26 Å².